The van der Waals surface area contributed by atoms with Crippen molar-refractivity contribution < 1.29 is 13.9 Å². The number of rotatable bonds is 5. The molecule has 0 aromatic heterocycles. The fraction of sp³-hybridized carbons (Fsp3) is 0.417. The Balaban J connectivity index is 2.55. The molecular weight excluding hydrogens is 275 g/mol. The molecule has 0 fully saturated rings. The van der Waals surface area contributed by atoms with Crippen molar-refractivity contribution in [1.82, 2.24) is 0 Å². The van der Waals surface area contributed by atoms with Gasteiger partial charge in [-0.2, -0.15) is 0 Å². The minimum atomic E-state index is -0.347. The SMILES string of the molecule is CCC(C)C(=O)COc1ccc(F)c(Br)c1. The van der Waals surface area contributed by atoms with Gasteiger partial charge in [0.05, 0.1) is 4.47 Å². The van der Waals surface area contributed by atoms with E-state index in [-0.39, 0.29) is 24.1 Å². The van der Waals surface area contributed by atoms with Crippen molar-refractivity contribution in [2.75, 3.05) is 6.61 Å². The molecule has 1 atom stereocenters. The van der Waals surface area contributed by atoms with Gasteiger partial charge in [0.1, 0.15) is 18.2 Å². The topological polar surface area (TPSA) is 26.3 Å². The van der Waals surface area contributed by atoms with Gasteiger partial charge in [-0.15, -0.1) is 0 Å². The third kappa shape index (κ3) is 3.59. The Morgan fingerprint density at radius 2 is 2.25 bits per heavy atom. The van der Waals surface area contributed by atoms with Crippen LogP contribution in [0.2, 0.25) is 0 Å². The predicted molar refractivity (Wildman–Crippen MR) is 64.1 cm³/mol. The summed E-state index contributed by atoms with van der Waals surface area (Å²) in [5.41, 5.74) is 0. The van der Waals surface area contributed by atoms with Crippen molar-refractivity contribution in [2.24, 2.45) is 5.92 Å². The van der Waals surface area contributed by atoms with Crippen LogP contribution in [0.4, 0.5) is 4.39 Å². The summed E-state index contributed by atoms with van der Waals surface area (Å²) in [7, 11) is 0. The minimum absolute atomic E-state index is 0.00360. The molecule has 0 radical (unpaired) electrons. The Morgan fingerprint density at radius 1 is 1.56 bits per heavy atom. The molecule has 1 aromatic rings. The highest BCUT2D eigenvalue weighted by Crippen LogP contribution is 2.21. The molecule has 88 valence electrons. The monoisotopic (exact) mass is 288 g/mol. The molecule has 0 N–H and O–H groups in total. The maximum Gasteiger partial charge on any atom is 0.172 e. The third-order valence-electron chi connectivity index (χ3n) is 2.43. The molecule has 1 unspecified atom stereocenters. The molecule has 0 saturated heterocycles. The quantitative estimate of drug-likeness (QED) is 0.828. The molecule has 1 aromatic carbocycles. The van der Waals surface area contributed by atoms with E-state index in [1.54, 1.807) is 0 Å². The van der Waals surface area contributed by atoms with Crippen LogP contribution in [0.15, 0.2) is 22.7 Å². The average molecular weight is 289 g/mol. The van der Waals surface area contributed by atoms with E-state index in [0.717, 1.165) is 6.42 Å². The van der Waals surface area contributed by atoms with E-state index >= 15 is 0 Å². The number of carbonyl (C=O) groups excluding carboxylic acids is 1. The fourth-order valence-electron chi connectivity index (χ4n) is 1.09. The van der Waals surface area contributed by atoms with Gasteiger partial charge in [0, 0.05) is 5.92 Å². The van der Waals surface area contributed by atoms with E-state index in [1.165, 1.54) is 18.2 Å². The molecule has 2 nitrogen and oxygen atoms in total. The maximum atomic E-state index is 12.9. The highest BCUT2D eigenvalue weighted by atomic mass is 79.9. The van der Waals surface area contributed by atoms with Crippen LogP contribution >= 0.6 is 15.9 Å². The van der Waals surface area contributed by atoms with Crippen LogP contribution in [0.25, 0.3) is 0 Å². The summed E-state index contributed by atoms with van der Waals surface area (Å²) in [6.07, 6.45) is 0.801. The molecule has 4 heteroatoms. The van der Waals surface area contributed by atoms with Gasteiger partial charge in [-0.25, -0.2) is 4.39 Å². The summed E-state index contributed by atoms with van der Waals surface area (Å²) >= 11 is 3.06. The molecule has 16 heavy (non-hydrogen) atoms. The second-order valence-electron chi connectivity index (χ2n) is 3.64. The smallest absolute Gasteiger partial charge is 0.172 e. The lowest BCUT2D eigenvalue weighted by molar-refractivity contribution is -0.124. The third-order valence-corrected chi connectivity index (χ3v) is 3.04. The highest BCUT2D eigenvalue weighted by Gasteiger charge is 2.11. The highest BCUT2D eigenvalue weighted by molar-refractivity contribution is 9.10. The van der Waals surface area contributed by atoms with Gasteiger partial charge in [-0.3, -0.25) is 4.79 Å². The lowest BCUT2D eigenvalue weighted by Crippen LogP contribution is -2.18. The first-order valence-electron chi connectivity index (χ1n) is 5.15. The number of ether oxygens (including phenoxy) is 1. The summed E-state index contributed by atoms with van der Waals surface area (Å²) in [6.45, 7) is 3.86. The Morgan fingerprint density at radius 3 is 2.81 bits per heavy atom. The summed E-state index contributed by atoms with van der Waals surface area (Å²) in [5, 5.41) is 0. The van der Waals surface area contributed by atoms with E-state index in [4.69, 9.17) is 4.74 Å². The van der Waals surface area contributed by atoms with E-state index in [2.05, 4.69) is 15.9 Å². The average Bonchev–Trinajstić information content (AvgIpc) is 2.29. The van der Waals surface area contributed by atoms with Crippen LogP contribution in [0.5, 0.6) is 5.75 Å². The molecule has 0 aliphatic carbocycles. The zero-order valence-electron chi connectivity index (χ0n) is 9.30. The van der Waals surface area contributed by atoms with E-state index in [9.17, 15) is 9.18 Å². The first-order valence-corrected chi connectivity index (χ1v) is 5.94. The minimum Gasteiger partial charge on any atom is -0.486 e. The van der Waals surface area contributed by atoms with Gasteiger partial charge in [-0.1, -0.05) is 13.8 Å². The Kier molecular flexibility index (Phi) is 4.93. The normalized spacial score (nSPS) is 12.2. The van der Waals surface area contributed by atoms with Gasteiger partial charge in [-0.05, 0) is 40.5 Å². The van der Waals surface area contributed by atoms with Crippen LogP contribution in [0, 0.1) is 11.7 Å². The Bertz CT molecular complexity index is 379. The molecule has 0 heterocycles. The van der Waals surface area contributed by atoms with E-state index in [0.29, 0.717) is 10.2 Å². The van der Waals surface area contributed by atoms with Crippen molar-refractivity contribution in [3.05, 3.63) is 28.5 Å². The molecule has 0 aliphatic heterocycles. The van der Waals surface area contributed by atoms with E-state index < -0.39 is 0 Å². The maximum absolute atomic E-state index is 12.9. The zero-order chi connectivity index (χ0) is 12.1. The number of ketones is 1. The Labute approximate surface area is 103 Å². The number of Topliss-reactive ketones (excluding diaryl/α,β-unsaturated/α-hetero) is 1. The van der Waals surface area contributed by atoms with Crippen LogP contribution in [-0.2, 0) is 4.79 Å². The molecule has 0 aliphatic rings. The van der Waals surface area contributed by atoms with Gasteiger partial charge >= 0.3 is 0 Å². The summed E-state index contributed by atoms with van der Waals surface area (Å²) in [4.78, 5) is 11.5. The first-order chi connectivity index (χ1) is 7.54. The zero-order valence-corrected chi connectivity index (χ0v) is 10.9. The summed E-state index contributed by atoms with van der Waals surface area (Å²) in [5.74, 6) is 0.206. The second kappa shape index (κ2) is 5.99. The summed E-state index contributed by atoms with van der Waals surface area (Å²) in [6, 6.07) is 4.32. The fourth-order valence-corrected chi connectivity index (χ4v) is 1.45. The molecule has 0 saturated carbocycles. The first kappa shape index (κ1) is 13.2. The Hall–Kier alpha value is -0.900. The molecular formula is C12H14BrFO2. The standard InChI is InChI=1S/C12H14BrFO2/c1-3-8(2)12(15)7-16-9-4-5-11(14)10(13)6-9/h4-6,8H,3,7H2,1-2H3. The van der Waals surface area contributed by atoms with Crippen molar-refractivity contribution >= 4 is 21.7 Å². The van der Waals surface area contributed by atoms with Crippen molar-refractivity contribution in [2.45, 2.75) is 20.3 Å². The second-order valence-corrected chi connectivity index (χ2v) is 4.49. The van der Waals surface area contributed by atoms with Crippen molar-refractivity contribution in [3.63, 3.8) is 0 Å². The van der Waals surface area contributed by atoms with Gasteiger partial charge in [0.2, 0.25) is 0 Å². The number of benzene rings is 1. The van der Waals surface area contributed by atoms with Crippen LogP contribution in [0.3, 0.4) is 0 Å². The number of hydrogen-bond acceptors (Lipinski definition) is 2. The van der Waals surface area contributed by atoms with Gasteiger partial charge in [0.15, 0.2) is 5.78 Å². The van der Waals surface area contributed by atoms with E-state index in [1.807, 2.05) is 13.8 Å². The number of carbonyl (C=O) groups is 1. The summed E-state index contributed by atoms with van der Waals surface area (Å²) < 4.78 is 18.5. The number of halogens is 2. The molecule has 1 rings (SSSR count). The number of hydrogen-bond donors (Lipinski definition) is 0. The molecule has 0 bridgehead atoms. The van der Waals surface area contributed by atoms with Crippen LogP contribution in [0.1, 0.15) is 20.3 Å². The predicted octanol–water partition coefficient (Wildman–Crippen LogP) is 3.58. The molecule has 0 spiro atoms. The molecule has 0 amide bonds. The lowest BCUT2D eigenvalue weighted by Gasteiger charge is -2.09. The van der Waals surface area contributed by atoms with Crippen molar-refractivity contribution in [1.29, 1.82) is 0 Å². The van der Waals surface area contributed by atoms with Crippen molar-refractivity contribution in [3.8, 4) is 5.75 Å². The van der Waals surface area contributed by atoms with Gasteiger partial charge in [0.25, 0.3) is 0 Å². The lowest BCUT2D eigenvalue weighted by atomic mass is 10.1. The van der Waals surface area contributed by atoms with Crippen LogP contribution < -0.4 is 4.74 Å². The van der Waals surface area contributed by atoms with Gasteiger partial charge < -0.3 is 4.74 Å². The largest absolute Gasteiger partial charge is 0.486 e. The van der Waals surface area contributed by atoms with Crippen LogP contribution in [-0.4, -0.2) is 12.4 Å².